The van der Waals surface area contributed by atoms with E-state index < -0.39 is 0 Å². The van der Waals surface area contributed by atoms with Gasteiger partial charge in [-0.05, 0) is 30.2 Å². The molecule has 4 N–H and O–H groups in total. The van der Waals surface area contributed by atoms with Crippen molar-refractivity contribution in [3.63, 3.8) is 0 Å². The zero-order chi connectivity index (χ0) is 23.0. The molecule has 0 saturated carbocycles. The normalized spacial score (nSPS) is 22.0. The summed E-state index contributed by atoms with van der Waals surface area (Å²) in [5.41, 5.74) is 10.8. The number of dihydropyridines is 1. The number of guanidine groups is 1. The molecular formula is C24H29N7O2. The van der Waals surface area contributed by atoms with Crippen LogP contribution in [0.2, 0.25) is 0 Å². The van der Waals surface area contributed by atoms with Gasteiger partial charge in [0, 0.05) is 55.3 Å². The van der Waals surface area contributed by atoms with Crippen molar-refractivity contribution in [2.24, 2.45) is 23.2 Å². The zero-order valence-corrected chi connectivity index (χ0v) is 19.1. The Morgan fingerprint density at radius 2 is 2.21 bits per heavy atom. The first kappa shape index (κ1) is 21.1. The molecule has 1 fully saturated rings. The molecule has 5 rings (SSSR count). The van der Waals surface area contributed by atoms with Crippen molar-refractivity contribution in [1.82, 2.24) is 20.0 Å². The fraction of sp³-hybridized carbons (Fsp3) is 0.333. The molecule has 1 aromatic carbocycles. The first-order valence-corrected chi connectivity index (χ1v) is 11.0. The van der Waals surface area contributed by atoms with E-state index in [4.69, 9.17) is 20.2 Å². The number of aryl methyl sites for hydroxylation is 1. The molecule has 0 spiro atoms. The minimum atomic E-state index is 0.0388. The van der Waals surface area contributed by atoms with Crippen LogP contribution in [0.15, 0.2) is 71.2 Å². The maximum Gasteiger partial charge on any atom is 0.208 e. The average Bonchev–Trinajstić information content (AvgIpc) is 3.43. The van der Waals surface area contributed by atoms with E-state index >= 15 is 0 Å². The Bertz CT molecular complexity index is 1190. The standard InChI is InChI=1S/C24H29N7O2/c1-24(7-9-33-15-24)14-31-13-17-6-8-26-22(25)21(17)29-23(31)28-19-5-4-16(10-20(19)32-3)18-11-27-30(2)12-18/h4-6,8,10-13,26H,7,9,14-15,25H2,1-3H3,(H,28,29)/t24-/m0/s1. The number of benzene rings is 1. The van der Waals surface area contributed by atoms with E-state index in [0.717, 1.165) is 54.3 Å². The molecular weight excluding hydrogens is 418 g/mol. The van der Waals surface area contributed by atoms with Crippen LogP contribution in [-0.4, -0.2) is 47.5 Å². The number of methoxy groups -OCH3 is 1. The van der Waals surface area contributed by atoms with Gasteiger partial charge in [-0.1, -0.05) is 13.0 Å². The second-order valence-electron chi connectivity index (χ2n) is 8.94. The van der Waals surface area contributed by atoms with Gasteiger partial charge in [0.25, 0.3) is 0 Å². The number of anilines is 1. The van der Waals surface area contributed by atoms with E-state index in [1.54, 1.807) is 11.8 Å². The molecule has 172 valence electrons. The van der Waals surface area contributed by atoms with Gasteiger partial charge in [-0.3, -0.25) is 4.68 Å². The number of hydrogen-bond acceptors (Lipinski definition) is 8. The molecule has 0 aliphatic carbocycles. The third-order valence-corrected chi connectivity index (χ3v) is 6.15. The van der Waals surface area contributed by atoms with Crippen LogP contribution in [0.4, 0.5) is 5.69 Å². The molecule has 1 atom stereocenters. The Kier molecular flexibility index (Phi) is 5.33. The SMILES string of the molecule is COc1cc(-c2cnn(C)c2)ccc1NC1=NC2=C(N)NC=CC2=CN1C[C@]1(C)CCOC1. The first-order valence-electron chi connectivity index (χ1n) is 11.0. The minimum Gasteiger partial charge on any atom is -0.495 e. The van der Waals surface area contributed by atoms with Crippen LogP contribution in [0, 0.1) is 5.41 Å². The van der Waals surface area contributed by atoms with Gasteiger partial charge in [0.05, 0.1) is 25.6 Å². The van der Waals surface area contributed by atoms with Gasteiger partial charge in [0.15, 0.2) is 0 Å². The van der Waals surface area contributed by atoms with Crippen LogP contribution in [-0.2, 0) is 11.8 Å². The third-order valence-electron chi connectivity index (χ3n) is 6.15. The van der Waals surface area contributed by atoms with Crippen molar-refractivity contribution < 1.29 is 9.47 Å². The first-order chi connectivity index (χ1) is 15.9. The van der Waals surface area contributed by atoms with Gasteiger partial charge >= 0.3 is 0 Å². The third kappa shape index (κ3) is 4.19. The Labute approximate surface area is 193 Å². The molecule has 3 aliphatic rings. The largest absolute Gasteiger partial charge is 0.495 e. The van der Waals surface area contributed by atoms with Crippen molar-refractivity contribution in [3.05, 3.63) is 66.2 Å². The molecule has 0 radical (unpaired) electrons. The van der Waals surface area contributed by atoms with Crippen molar-refractivity contribution >= 4 is 11.6 Å². The van der Waals surface area contributed by atoms with Crippen molar-refractivity contribution in [2.45, 2.75) is 13.3 Å². The highest BCUT2D eigenvalue weighted by Crippen LogP contribution is 2.34. The van der Waals surface area contributed by atoms with Crippen LogP contribution < -0.4 is 21.1 Å². The lowest BCUT2D eigenvalue weighted by Gasteiger charge is -2.35. The number of nitrogens with two attached hydrogens (primary N) is 1. The summed E-state index contributed by atoms with van der Waals surface area (Å²) in [7, 11) is 3.57. The second kappa shape index (κ2) is 8.32. The number of nitrogens with zero attached hydrogens (tertiary/aromatic N) is 4. The Balaban J connectivity index is 1.48. The van der Waals surface area contributed by atoms with Gasteiger partial charge in [0.1, 0.15) is 17.3 Å². The van der Waals surface area contributed by atoms with E-state index in [-0.39, 0.29) is 5.41 Å². The number of hydrogen-bond donors (Lipinski definition) is 3. The maximum absolute atomic E-state index is 6.19. The summed E-state index contributed by atoms with van der Waals surface area (Å²) in [6, 6.07) is 6.04. The van der Waals surface area contributed by atoms with Gasteiger partial charge < -0.3 is 30.7 Å². The molecule has 33 heavy (non-hydrogen) atoms. The molecule has 1 aromatic heterocycles. The summed E-state index contributed by atoms with van der Waals surface area (Å²) in [4.78, 5) is 7.03. The van der Waals surface area contributed by atoms with E-state index in [9.17, 15) is 0 Å². The predicted molar refractivity (Wildman–Crippen MR) is 128 cm³/mol. The van der Waals surface area contributed by atoms with E-state index in [0.29, 0.717) is 17.5 Å². The van der Waals surface area contributed by atoms with Gasteiger partial charge in [0.2, 0.25) is 5.96 Å². The topological polar surface area (TPSA) is 102 Å². The van der Waals surface area contributed by atoms with Crippen LogP contribution in [0.25, 0.3) is 11.1 Å². The fourth-order valence-corrected chi connectivity index (χ4v) is 4.28. The van der Waals surface area contributed by atoms with Crippen LogP contribution in [0.3, 0.4) is 0 Å². The molecule has 2 aromatic rings. The van der Waals surface area contributed by atoms with E-state index in [2.05, 4.69) is 33.8 Å². The number of rotatable bonds is 5. The summed E-state index contributed by atoms with van der Waals surface area (Å²) in [6.45, 7) is 4.53. The second-order valence-corrected chi connectivity index (χ2v) is 8.94. The summed E-state index contributed by atoms with van der Waals surface area (Å²) < 4.78 is 13.2. The Morgan fingerprint density at radius 1 is 1.33 bits per heavy atom. The molecule has 4 heterocycles. The molecule has 9 heteroatoms. The summed E-state index contributed by atoms with van der Waals surface area (Å²) >= 11 is 0. The lowest BCUT2D eigenvalue weighted by Crippen LogP contribution is -2.42. The molecule has 0 bridgehead atoms. The zero-order valence-electron chi connectivity index (χ0n) is 19.1. The predicted octanol–water partition coefficient (Wildman–Crippen LogP) is 2.73. The van der Waals surface area contributed by atoms with E-state index in [1.807, 2.05) is 49.9 Å². The molecule has 9 nitrogen and oxygen atoms in total. The van der Waals surface area contributed by atoms with Gasteiger partial charge in [-0.15, -0.1) is 0 Å². The van der Waals surface area contributed by atoms with Gasteiger partial charge in [-0.25, -0.2) is 4.99 Å². The average molecular weight is 448 g/mol. The molecule has 0 unspecified atom stereocenters. The number of allylic oxidation sites excluding steroid dienone is 1. The quantitative estimate of drug-likeness (QED) is 0.648. The number of nitrogens with one attached hydrogen (secondary N) is 2. The van der Waals surface area contributed by atoms with Crippen molar-refractivity contribution in [3.8, 4) is 16.9 Å². The number of aliphatic imine (C=N–C) groups is 1. The smallest absolute Gasteiger partial charge is 0.208 e. The fourth-order valence-electron chi connectivity index (χ4n) is 4.28. The molecule has 0 amide bonds. The van der Waals surface area contributed by atoms with Crippen LogP contribution in [0.5, 0.6) is 5.75 Å². The minimum absolute atomic E-state index is 0.0388. The number of aromatic nitrogens is 2. The number of ether oxygens (including phenoxy) is 2. The highest BCUT2D eigenvalue weighted by Gasteiger charge is 2.34. The van der Waals surface area contributed by atoms with E-state index in [1.165, 1.54) is 0 Å². The Morgan fingerprint density at radius 3 is 2.94 bits per heavy atom. The summed E-state index contributed by atoms with van der Waals surface area (Å²) in [5, 5.41) is 10.8. The van der Waals surface area contributed by atoms with Crippen molar-refractivity contribution in [1.29, 1.82) is 0 Å². The van der Waals surface area contributed by atoms with Crippen LogP contribution in [0.1, 0.15) is 13.3 Å². The summed E-state index contributed by atoms with van der Waals surface area (Å²) in [5.74, 6) is 1.93. The Hall–Kier alpha value is -3.72. The highest BCUT2D eigenvalue weighted by atomic mass is 16.5. The lowest BCUT2D eigenvalue weighted by molar-refractivity contribution is 0.150. The van der Waals surface area contributed by atoms with Crippen molar-refractivity contribution in [2.75, 3.05) is 32.2 Å². The highest BCUT2D eigenvalue weighted by molar-refractivity contribution is 5.98. The van der Waals surface area contributed by atoms with Crippen LogP contribution >= 0.6 is 0 Å². The molecule has 3 aliphatic heterocycles. The molecule has 1 saturated heterocycles. The van der Waals surface area contributed by atoms with Gasteiger partial charge in [-0.2, -0.15) is 5.10 Å². The lowest BCUT2D eigenvalue weighted by atomic mass is 9.89. The number of fused-ring (bicyclic) bond motifs is 1. The summed E-state index contributed by atoms with van der Waals surface area (Å²) in [6.07, 6.45) is 10.7. The maximum atomic E-state index is 6.19. The monoisotopic (exact) mass is 447 g/mol.